The van der Waals surface area contributed by atoms with E-state index in [9.17, 15) is 14.4 Å². The second kappa shape index (κ2) is 5.43. The molecule has 1 aliphatic heterocycles. The molecule has 1 aliphatic rings. The number of benzene rings is 1. The number of carbonyl (C=O) groups is 2. The number of nitrogens with zero attached hydrogens (tertiary/aromatic N) is 1. The summed E-state index contributed by atoms with van der Waals surface area (Å²) in [5.41, 5.74) is 1.09. The Morgan fingerprint density at radius 1 is 1.33 bits per heavy atom. The molecule has 1 aromatic heterocycles. The Balaban J connectivity index is 1.66. The van der Waals surface area contributed by atoms with E-state index in [1.54, 1.807) is 24.3 Å². The topological polar surface area (TPSA) is 87.7 Å². The minimum atomic E-state index is -0.824. The Morgan fingerprint density at radius 3 is 2.90 bits per heavy atom. The van der Waals surface area contributed by atoms with Crippen LogP contribution in [0.25, 0.3) is 11.1 Å². The molecule has 0 N–H and O–H groups in total. The first-order chi connectivity index (χ1) is 10.1. The number of para-hydroxylation sites is 2. The molecule has 2 heterocycles. The fraction of sp³-hybridized carbons (Fsp3) is 0.357. The van der Waals surface area contributed by atoms with Crippen LogP contribution in [-0.4, -0.2) is 29.2 Å². The van der Waals surface area contributed by atoms with E-state index in [4.69, 9.17) is 13.9 Å². The maximum Gasteiger partial charge on any atom is 0.419 e. The summed E-state index contributed by atoms with van der Waals surface area (Å²) in [7, 11) is 0. The van der Waals surface area contributed by atoms with Crippen LogP contribution < -0.4 is 5.76 Å². The molecule has 0 bridgehead atoms. The second-order valence-corrected chi connectivity index (χ2v) is 4.67. The number of ether oxygens (including phenoxy) is 2. The van der Waals surface area contributed by atoms with Crippen molar-refractivity contribution < 1.29 is 23.5 Å². The summed E-state index contributed by atoms with van der Waals surface area (Å²) in [4.78, 5) is 34.6. The summed E-state index contributed by atoms with van der Waals surface area (Å²) in [5.74, 6) is -1.59. The number of esters is 2. The first-order valence-electron chi connectivity index (χ1n) is 6.59. The summed E-state index contributed by atoms with van der Waals surface area (Å²) in [6, 6.07) is 6.95. The summed E-state index contributed by atoms with van der Waals surface area (Å²) in [5, 5.41) is 0. The maximum absolute atomic E-state index is 11.7. The third-order valence-corrected chi connectivity index (χ3v) is 3.27. The molecule has 1 aromatic carbocycles. The molecule has 0 saturated carbocycles. The predicted octanol–water partition coefficient (Wildman–Crippen LogP) is 0.843. The average molecular weight is 291 g/mol. The van der Waals surface area contributed by atoms with Crippen molar-refractivity contribution in [2.75, 3.05) is 6.61 Å². The molecular weight excluding hydrogens is 278 g/mol. The van der Waals surface area contributed by atoms with Crippen LogP contribution in [0.15, 0.2) is 33.5 Å². The lowest BCUT2D eigenvalue weighted by molar-refractivity contribution is -0.160. The minimum absolute atomic E-state index is 0.0206. The van der Waals surface area contributed by atoms with Crippen molar-refractivity contribution in [2.24, 2.45) is 0 Å². The van der Waals surface area contributed by atoms with Crippen LogP contribution in [0.5, 0.6) is 0 Å². The van der Waals surface area contributed by atoms with Gasteiger partial charge in [-0.1, -0.05) is 12.1 Å². The molecule has 0 radical (unpaired) electrons. The van der Waals surface area contributed by atoms with Gasteiger partial charge in [-0.25, -0.2) is 9.59 Å². The number of carbonyl (C=O) groups excluding carboxylic acids is 2. The molecule has 0 aliphatic carbocycles. The highest BCUT2D eigenvalue weighted by Crippen LogP contribution is 2.14. The van der Waals surface area contributed by atoms with E-state index in [0.717, 1.165) is 0 Å². The van der Waals surface area contributed by atoms with Crippen LogP contribution in [0.4, 0.5) is 0 Å². The quantitative estimate of drug-likeness (QED) is 0.776. The van der Waals surface area contributed by atoms with E-state index in [1.165, 1.54) is 4.57 Å². The van der Waals surface area contributed by atoms with Gasteiger partial charge in [-0.2, -0.15) is 0 Å². The largest absolute Gasteiger partial charge is 0.463 e. The molecule has 3 rings (SSSR count). The van der Waals surface area contributed by atoms with Crippen molar-refractivity contribution in [1.29, 1.82) is 0 Å². The number of fused-ring (bicyclic) bond motifs is 1. The highest BCUT2D eigenvalue weighted by Gasteiger charge is 2.30. The van der Waals surface area contributed by atoms with Crippen LogP contribution in [0.3, 0.4) is 0 Å². The monoisotopic (exact) mass is 291 g/mol. The van der Waals surface area contributed by atoms with Crippen LogP contribution in [0.2, 0.25) is 0 Å². The fourth-order valence-electron chi connectivity index (χ4n) is 2.23. The highest BCUT2D eigenvalue weighted by molar-refractivity contribution is 5.80. The number of aromatic nitrogens is 1. The van der Waals surface area contributed by atoms with Crippen molar-refractivity contribution in [2.45, 2.75) is 25.5 Å². The van der Waals surface area contributed by atoms with Gasteiger partial charge in [0.2, 0.25) is 6.10 Å². The third-order valence-electron chi connectivity index (χ3n) is 3.27. The second-order valence-electron chi connectivity index (χ2n) is 4.67. The summed E-state index contributed by atoms with van der Waals surface area (Å²) in [6.07, 6.45) is -0.470. The van der Waals surface area contributed by atoms with E-state index in [0.29, 0.717) is 17.5 Å². The number of hydrogen-bond acceptors (Lipinski definition) is 6. The Hall–Kier alpha value is -2.57. The Morgan fingerprint density at radius 2 is 2.14 bits per heavy atom. The molecule has 0 amide bonds. The SMILES string of the molecule is O=C(CCn1c(=O)oc2ccccc21)O[C@@H]1CCOC1=O. The number of rotatable bonds is 4. The normalized spacial score (nSPS) is 17.9. The molecule has 7 nitrogen and oxygen atoms in total. The molecule has 1 fully saturated rings. The highest BCUT2D eigenvalue weighted by atomic mass is 16.6. The van der Waals surface area contributed by atoms with Gasteiger partial charge >= 0.3 is 17.7 Å². The number of aryl methyl sites for hydroxylation is 1. The van der Waals surface area contributed by atoms with E-state index in [-0.39, 0.29) is 19.6 Å². The van der Waals surface area contributed by atoms with Gasteiger partial charge in [0.25, 0.3) is 0 Å². The molecule has 0 spiro atoms. The fourth-order valence-corrected chi connectivity index (χ4v) is 2.23. The van der Waals surface area contributed by atoms with Gasteiger partial charge < -0.3 is 13.9 Å². The Kier molecular flexibility index (Phi) is 3.47. The van der Waals surface area contributed by atoms with E-state index in [1.807, 2.05) is 0 Å². The molecule has 2 aromatic rings. The average Bonchev–Trinajstić information content (AvgIpc) is 3.00. The van der Waals surface area contributed by atoms with E-state index in [2.05, 4.69) is 0 Å². The van der Waals surface area contributed by atoms with Gasteiger partial charge in [-0.3, -0.25) is 9.36 Å². The molecular formula is C14H13NO6. The predicted molar refractivity (Wildman–Crippen MR) is 70.5 cm³/mol. The number of oxazole rings is 1. The van der Waals surface area contributed by atoms with Crippen molar-refractivity contribution in [3.8, 4) is 0 Å². The lowest BCUT2D eigenvalue weighted by Crippen LogP contribution is -2.24. The Bertz CT molecular complexity index is 743. The molecule has 0 unspecified atom stereocenters. The first-order valence-corrected chi connectivity index (χ1v) is 6.59. The first kappa shape index (κ1) is 13.4. The lowest BCUT2D eigenvalue weighted by atomic mass is 10.3. The summed E-state index contributed by atoms with van der Waals surface area (Å²) < 4.78 is 16.1. The van der Waals surface area contributed by atoms with Crippen molar-refractivity contribution >= 4 is 23.0 Å². The maximum atomic E-state index is 11.7. The van der Waals surface area contributed by atoms with Crippen LogP contribution in [0, 0.1) is 0 Å². The van der Waals surface area contributed by atoms with Gasteiger partial charge in [-0.15, -0.1) is 0 Å². The van der Waals surface area contributed by atoms with Crippen LogP contribution in [0.1, 0.15) is 12.8 Å². The van der Waals surface area contributed by atoms with Gasteiger partial charge in [-0.05, 0) is 12.1 Å². The minimum Gasteiger partial charge on any atom is -0.463 e. The van der Waals surface area contributed by atoms with Crippen LogP contribution >= 0.6 is 0 Å². The van der Waals surface area contributed by atoms with E-state index < -0.39 is 23.8 Å². The van der Waals surface area contributed by atoms with Gasteiger partial charge in [0, 0.05) is 13.0 Å². The molecule has 21 heavy (non-hydrogen) atoms. The van der Waals surface area contributed by atoms with Crippen molar-refractivity contribution in [3.05, 3.63) is 34.8 Å². The summed E-state index contributed by atoms with van der Waals surface area (Å²) in [6.45, 7) is 0.402. The van der Waals surface area contributed by atoms with Gasteiger partial charge in [0.05, 0.1) is 18.5 Å². The van der Waals surface area contributed by atoms with Gasteiger partial charge in [0.1, 0.15) is 0 Å². The molecule has 110 valence electrons. The zero-order chi connectivity index (χ0) is 14.8. The molecule has 1 saturated heterocycles. The smallest absolute Gasteiger partial charge is 0.419 e. The molecule has 7 heteroatoms. The zero-order valence-electron chi connectivity index (χ0n) is 11.1. The van der Waals surface area contributed by atoms with E-state index >= 15 is 0 Å². The number of hydrogen-bond donors (Lipinski definition) is 0. The zero-order valence-corrected chi connectivity index (χ0v) is 11.1. The summed E-state index contributed by atoms with van der Waals surface area (Å²) >= 11 is 0. The lowest BCUT2D eigenvalue weighted by Gasteiger charge is -2.08. The standard InChI is InChI=1S/C14H13NO6/c16-12(20-11-6-8-19-13(11)17)5-7-15-9-3-1-2-4-10(9)21-14(15)18/h1-4,11H,5-8H2/t11-/m1/s1. The molecule has 1 atom stereocenters. The van der Waals surface area contributed by atoms with Gasteiger partial charge in [0.15, 0.2) is 5.58 Å². The van der Waals surface area contributed by atoms with Crippen molar-refractivity contribution in [1.82, 2.24) is 4.57 Å². The van der Waals surface area contributed by atoms with Crippen molar-refractivity contribution in [3.63, 3.8) is 0 Å². The Labute approximate surface area is 119 Å². The number of cyclic esters (lactones) is 1. The third kappa shape index (κ3) is 2.67. The van der Waals surface area contributed by atoms with Crippen LogP contribution in [-0.2, 0) is 25.6 Å².